The molecule has 0 aliphatic carbocycles. The van der Waals surface area contributed by atoms with Gasteiger partial charge in [0.1, 0.15) is 0 Å². The Labute approximate surface area is 74.8 Å². The van der Waals surface area contributed by atoms with E-state index in [1.807, 2.05) is 13.1 Å². The van der Waals surface area contributed by atoms with Gasteiger partial charge in [0.25, 0.3) is 0 Å². The number of pyridine rings is 1. The van der Waals surface area contributed by atoms with E-state index in [2.05, 4.69) is 31.0 Å². The van der Waals surface area contributed by atoms with Crippen LogP contribution in [0, 0.1) is 6.92 Å². The van der Waals surface area contributed by atoms with Gasteiger partial charge in [-0.3, -0.25) is 4.98 Å². The van der Waals surface area contributed by atoms with Gasteiger partial charge in [0.05, 0.1) is 0 Å². The number of nitrogens with zero attached hydrogens (tertiary/aromatic N) is 1. The second-order valence-electron chi connectivity index (χ2n) is 3.25. The van der Waals surface area contributed by atoms with Gasteiger partial charge < -0.3 is 0 Å². The average molecular weight is 163 g/mol. The molecule has 12 heavy (non-hydrogen) atoms. The fourth-order valence-corrected chi connectivity index (χ4v) is 1.48. The molecule has 0 aromatic carbocycles. The third-order valence-corrected chi connectivity index (χ3v) is 2.39. The first-order valence-electron chi connectivity index (χ1n) is 4.70. The zero-order valence-electron chi connectivity index (χ0n) is 8.17. The van der Waals surface area contributed by atoms with Gasteiger partial charge in [-0.2, -0.15) is 0 Å². The highest BCUT2D eigenvalue weighted by atomic mass is 14.7. The molecule has 0 spiro atoms. The molecule has 1 heterocycles. The average Bonchev–Trinajstić information content (AvgIpc) is 2.10. The topological polar surface area (TPSA) is 12.9 Å². The number of aryl methyl sites for hydroxylation is 1. The van der Waals surface area contributed by atoms with E-state index in [1.165, 1.54) is 18.4 Å². The first-order valence-corrected chi connectivity index (χ1v) is 4.70. The number of hydrogen-bond acceptors (Lipinski definition) is 1. The molecule has 0 amide bonds. The summed E-state index contributed by atoms with van der Waals surface area (Å²) in [6, 6.07) is 4.29. The van der Waals surface area contributed by atoms with Crippen molar-refractivity contribution in [2.45, 2.75) is 39.5 Å². The lowest BCUT2D eigenvalue weighted by atomic mass is 9.95. The molecular formula is C11H17N. The van der Waals surface area contributed by atoms with E-state index in [0.717, 1.165) is 5.69 Å². The predicted octanol–water partition coefficient (Wildman–Crippen LogP) is 3.29. The molecule has 66 valence electrons. The summed E-state index contributed by atoms with van der Waals surface area (Å²) in [5.74, 6) is 0.693. The van der Waals surface area contributed by atoms with Crippen LogP contribution in [0.25, 0.3) is 0 Å². The smallest absolute Gasteiger partial charge is 0.0372 e. The fraction of sp³-hybridized carbons (Fsp3) is 0.545. The summed E-state index contributed by atoms with van der Waals surface area (Å²) in [6.07, 6.45) is 4.43. The molecule has 0 bridgehead atoms. The van der Waals surface area contributed by atoms with Crippen molar-refractivity contribution in [1.29, 1.82) is 0 Å². The van der Waals surface area contributed by atoms with Crippen molar-refractivity contribution in [3.05, 3.63) is 29.6 Å². The van der Waals surface area contributed by atoms with Gasteiger partial charge in [-0.25, -0.2) is 0 Å². The number of aromatic nitrogens is 1. The van der Waals surface area contributed by atoms with Gasteiger partial charge in [-0.1, -0.05) is 19.9 Å². The van der Waals surface area contributed by atoms with E-state index >= 15 is 0 Å². The molecule has 0 unspecified atom stereocenters. The Kier molecular flexibility index (Phi) is 3.27. The van der Waals surface area contributed by atoms with Crippen LogP contribution in [0.1, 0.15) is 43.9 Å². The van der Waals surface area contributed by atoms with Gasteiger partial charge in [-0.05, 0) is 37.3 Å². The fourth-order valence-electron chi connectivity index (χ4n) is 1.48. The lowest BCUT2D eigenvalue weighted by Crippen LogP contribution is -1.96. The van der Waals surface area contributed by atoms with E-state index in [9.17, 15) is 0 Å². The summed E-state index contributed by atoms with van der Waals surface area (Å²) in [5, 5.41) is 0. The van der Waals surface area contributed by atoms with Crippen molar-refractivity contribution in [2.24, 2.45) is 0 Å². The van der Waals surface area contributed by atoms with Gasteiger partial charge in [0, 0.05) is 11.9 Å². The Hall–Kier alpha value is -0.850. The molecule has 0 N–H and O–H groups in total. The first kappa shape index (κ1) is 9.24. The summed E-state index contributed by atoms with van der Waals surface area (Å²) >= 11 is 0. The van der Waals surface area contributed by atoms with Crippen molar-refractivity contribution in [3.63, 3.8) is 0 Å². The molecule has 1 aromatic heterocycles. The summed E-state index contributed by atoms with van der Waals surface area (Å²) < 4.78 is 0. The lowest BCUT2D eigenvalue weighted by molar-refractivity contribution is 0.639. The minimum atomic E-state index is 0.693. The maximum absolute atomic E-state index is 4.30. The Bertz CT molecular complexity index is 221. The maximum atomic E-state index is 4.30. The Morgan fingerprint density at radius 2 is 1.92 bits per heavy atom. The largest absolute Gasteiger partial charge is 0.261 e. The highest BCUT2D eigenvalue weighted by Crippen LogP contribution is 2.21. The monoisotopic (exact) mass is 163 g/mol. The van der Waals surface area contributed by atoms with Crippen LogP contribution in [0.4, 0.5) is 0 Å². The molecule has 1 heteroatoms. The van der Waals surface area contributed by atoms with E-state index in [-0.39, 0.29) is 0 Å². The highest BCUT2D eigenvalue weighted by molar-refractivity contribution is 5.17. The summed E-state index contributed by atoms with van der Waals surface area (Å²) in [7, 11) is 0. The van der Waals surface area contributed by atoms with E-state index < -0.39 is 0 Å². The van der Waals surface area contributed by atoms with Gasteiger partial charge in [-0.15, -0.1) is 0 Å². The molecule has 1 rings (SSSR count). The van der Waals surface area contributed by atoms with Crippen LogP contribution in [0.15, 0.2) is 18.3 Å². The van der Waals surface area contributed by atoms with Gasteiger partial charge in [0.15, 0.2) is 0 Å². The van der Waals surface area contributed by atoms with Crippen LogP contribution in [0.5, 0.6) is 0 Å². The third-order valence-electron chi connectivity index (χ3n) is 2.39. The van der Waals surface area contributed by atoms with E-state index in [1.54, 1.807) is 0 Å². The Morgan fingerprint density at radius 1 is 1.25 bits per heavy atom. The van der Waals surface area contributed by atoms with Crippen molar-refractivity contribution in [1.82, 2.24) is 4.98 Å². The minimum Gasteiger partial charge on any atom is -0.261 e. The molecule has 1 aromatic rings. The molecule has 0 radical (unpaired) electrons. The second-order valence-corrected chi connectivity index (χ2v) is 3.25. The standard InChI is InChI=1S/C11H17N/c1-4-10(5-2)11-7-6-9(3)12-8-11/h6-8,10H,4-5H2,1-3H3. The minimum absolute atomic E-state index is 0.693. The molecule has 1 nitrogen and oxygen atoms in total. The number of hydrogen-bond donors (Lipinski definition) is 0. The van der Waals surface area contributed by atoms with Crippen LogP contribution in [-0.4, -0.2) is 4.98 Å². The SMILES string of the molecule is CCC(CC)c1ccc(C)nc1. The summed E-state index contributed by atoms with van der Waals surface area (Å²) in [5.41, 5.74) is 2.48. The van der Waals surface area contributed by atoms with Gasteiger partial charge in [0.2, 0.25) is 0 Å². The molecule has 0 aliphatic heterocycles. The van der Waals surface area contributed by atoms with Crippen molar-refractivity contribution < 1.29 is 0 Å². The normalized spacial score (nSPS) is 10.7. The maximum Gasteiger partial charge on any atom is 0.0372 e. The third kappa shape index (κ3) is 2.07. The van der Waals surface area contributed by atoms with Gasteiger partial charge >= 0.3 is 0 Å². The van der Waals surface area contributed by atoms with Crippen LogP contribution in [-0.2, 0) is 0 Å². The van der Waals surface area contributed by atoms with E-state index in [0.29, 0.717) is 5.92 Å². The number of rotatable bonds is 3. The van der Waals surface area contributed by atoms with Crippen LogP contribution >= 0.6 is 0 Å². The first-order chi connectivity index (χ1) is 5.77. The quantitative estimate of drug-likeness (QED) is 0.666. The molecule has 0 saturated heterocycles. The van der Waals surface area contributed by atoms with E-state index in [4.69, 9.17) is 0 Å². The molecular weight excluding hydrogens is 146 g/mol. The predicted molar refractivity (Wildman–Crippen MR) is 52.3 cm³/mol. The lowest BCUT2D eigenvalue weighted by Gasteiger charge is -2.11. The van der Waals surface area contributed by atoms with Crippen LogP contribution in [0.3, 0.4) is 0 Å². The van der Waals surface area contributed by atoms with Crippen molar-refractivity contribution in [2.75, 3.05) is 0 Å². The Balaban J connectivity index is 2.80. The molecule has 0 fully saturated rings. The molecule has 0 saturated carbocycles. The van der Waals surface area contributed by atoms with Crippen LogP contribution < -0.4 is 0 Å². The highest BCUT2D eigenvalue weighted by Gasteiger charge is 2.05. The Morgan fingerprint density at radius 3 is 2.33 bits per heavy atom. The second kappa shape index (κ2) is 4.24. The van der Waals surface area contributed by atoms with Crippen molar-refractivity contribution in [3.8, 4) is 0 Å². The zero-order chi connectivity index (χ0) is 8.97. The summed E-state index contributed by atoms with van der Waals surface area (Å²) in [4.78, 5) is 4.30. The van der Waals surface area contributed by atoms with Crippen LogP contribution in [0.2, 0.25) is 0 Å². The zero-order valence-corrected chi connectivity index (χ0v) is 8.17. The molecule has 0 atom stereocenters. The molecule has 0 aliphatic rings. The summed E-state index contributed by atoms with van der Waals surface area (Å²) in [6.45, 7) is 6.48. The van der Waals surface area contributed by atoms with Crippen molar-refractivity contribution >= 4 is 0 Å².